The molecule has 1 amide bonds. The summed E-state index contributed by atoms with van der Waals surface area (Å²) in [5, 5.41) is 4.31. The van der Waals surface area contributed by atoms with Crippen molar-refractivity contribution >= 4 is 23.2 Å². The van der Waals surface area contributed by atoms with E-state index in [1.54, 1.807) is 0 Å². The molecule has 5 rings (SSSR count). The number of benzene rings is 2. The van der Waals surface area contributed by atoms with Crippen molar-refractivity contribution < 1.29 is 36.3 Å². The zero-order chi connectivity index (χ0) is 34.9. The number of esters is 1. The van der Waals surface area contributed by atoms with Gasteiger partial charge in [0.2, 0.25) is 0 Å². The number of amides is 1. The topological polar surface area (TPSA) is 129 Å². The molecule has 2 atom stereocenters. The first-order valence-electron chi connectivity index (χ1n) is 14.2. The van der Waals surface area contributed by atoms with Crippen LogP contribution in [0.25, 0.3) is 16.8 Å². The van der Waals surface area contributed by atoms with E-state index < -0.39 is 64.3 Å². The highest BCUT2D eigenvalue weighted by Gasteiger charge is 2.41. The number of aryl methyl sites for hydroxylation is 1. The lowest BCUT2D eigenvalue weighted by Gasteiger charge is -2.23. The molecule has 5 aromatic rings. The van der Waals surface area contributed by atoms with E-state index in [4.69, 9.17) is 4.74 Å². The Labute approximate surface area is 268 Å². The van der Waals surface area contributed by atoms with E-state index >= 15 is 8.78 Å². The van der Waals surface area contributed by atoms with Gasteiger partial charge in [-0.25, -0.2) is 23.4 Å². The van der Waals surface area contributed by atoms with Gasteiger partial charge in [0.05, 0.1) is 12.7 Å². The lowest BCUT2D eigenvalue weighted by Crippen LogP contribution is -2.44. The summed E-state index contributed by atoms with van der Waals surface area (Å²) in [5.41, 5.74) is -1.87. The summed E-state index contributed by atoms with van der Waals surface area (Å²) in [6, 6.07) is 7.03. The summed E-state index contributed by atoms with van der Waals surface area (Å²) in [5.74, 6) is -5.29. The largest absolute Gasteiger partial charge is 0.467 e. The fourth-order valence-corrected chi connectivity index (χ4v) is 5.25. The number of imidazole rings is 1. The number of carbonyl (C=O) groups is 2. The smallest absolute Gasteiger partial charge is 0.412 e. The first-order valence-corrected chi connectivity index (χ1v) is 14.2. The standard InChI is InChI=1S/C32H27F5N6O5/c1-41-16-21(29(45)42(2)31(41)47)20-10-9-19(43-12-11-38-27(20)43)15-24(30(46)48-3)40-28(44)25-22(33)13-18(14-23(25)34)39-26(32(35,36)37)17-7-5-4-6-8-17/h4-14,16,24,26,39H,15H2,1-3H3,(H,40,44)/t24-,26+/m0/s1. The van der Waals surface area contributed by atoms with Crippen LogP contribution in [0.1, 0.15) is 27.7 Å². The Morgan fingerprint density at radius 1 is 0.979 bits per heavy atom. The highest BCUT2D eigenvalue weighted by molar-refractivity contribution is 5.97. The Bertz CT molecular complexity index is 2120. The number of nitrogens with one attached hydrogen (secondary N) is 2. The van der Waals surface area contributed by atoms with Crippen molar-refractivity contribution in [1.82, 2.24) is 23.8 Å². The molecule has 0 fully saturated rings. The van der Waals surface area contributed by atoms with E-state index in [9.17, 15) is 32.3 Å². The number of halogens is 5. The molecule has 0 bridgehead atoms. The molecule has 250 valence electrons. The van der Waals surface area contributed by atoms with Crippen LogP contribution in [0.5, 0.6) is 0 Å². The number of anilines is 1. The third-order valence-corrected chi connectivity index (χ3v) is 7.61. The minimum absolute atomic E-state index is 0.161. The zero-order valence-corrected chi connectivity index (χ0v) is 25.5. The Kier molecular flexibility index (Phi) is 9.18. The van der Waals surface area contributed by atoms with E-state index in [0.717, 1.165) is 11.7 Å². The van der Waals surface area contributed by atoms with Gasteiger partial charge in [-0.2, -0.15) is 13.2 Å². The van der Waals surface area contributed by atoms with Crippen molar-refractivity contribution in [2.24, 2.45) is 14.1 Å². The summed E-state index contributed by atoms with van der Waals surface area (Å²) in [6.45, 7) is 0. The average molecular weight is 671 g/mol. The molecule has 3 heterocycles. The van der Waals surface area contributed by atoms with E-state index in [1.165, 1.54) is 84.1 Å². The van der Waals surface area contributed by atoms with Crippen LogP contribution in [0.3, 0.4) is 0 Å². The molecule has 48 heavy (non-hydrogen) atoms. The van der Waals surface area contributed by atoms with E-state index in [-0.39, 0.29) is 23.2 Å². The molecule has 2 aromatic carbocycles. The quantitative estimate of drug-likeness (QED) is 0.180. The number of ether oxygens (including phenoxy) is 1. The molecule has 0 aliphatic rings. The molecule has 11 nitrogen and oxygen atoms in total. The molecule has 2 N–H and O–H groups in total. The molecular formula is C32H27F5N6O5. The van der Waals surface area contributed by atoms with Crippen LogP contribution in [-0.4, -0.2) is 49.7 Å². The first-order chi connectivity index (χ1) is 22.7. The lowest BCUT2D eigenvalue weighted by atomic mass is 10.0. The number of pyridine rings is 1. The van der Waals surface area contributed by atoms with Crippen molar-refractivity contribution in [1.29, 1.82) is 0 Å². The normalized spacial score (nSPS) is 12.8. The van der Waals surface area contributed by atoms with Gasteiger partial charge in [0.1, 0.15) is 34.9 Å². The van der Waals surface area contributed by atoms with Gasteiger partial charge in [-0.1, -0.05) is 30.3 Å². The van der Waals surface area contributed by atoms with Crippen LogP contribution in [0.4, 0.5) is 27.6 Å². The fourth-order valence-electron chi connectivity index (χ4n) is 5.25. The number of hydrogen-bond donors (Lipinski definition) is 2. The van der Waals surface area contributed by atoms with Crippen molar-refractivity contribution in [3.63, 3.8) is 0 Å². The van der Waals surface area contributed by atoms with Crippen molar-refractivity contribution in [3.8, 4) is 11.1 Å². The van der Waals surface area contributed by atoms with Gasteiger partial charge in [-0.15, -0.1) is 0 Å². The summed E-state index contributed by atoms with van der Waals surface area (Å²) < 4.78 is 80.2. The summed E-state index contributed by atoms with van der Waals surface area (Å²) >= 11 is 0. The lowest BCUT2D eigenvalue weighted by molar-refractivity contribution is -0.144. The minimum Gasteiger partial charge on any atom is -0.467 e. The summed E-state index contributed by atoms with van der Waals surface area (Å²) in [4.78, 5) is 55.2. The number of fused-ring (bicyclic) bond motifs is 1. The number of alkyl halides is 3. The van der Waals surface area contributed by atoms with Crippen LogP contribution in [0, 0.1) is 11.6 Å². The molecule has 0 radical (unpaired) electrons. The van der Waals surface area contributed by atoms with Gasteiger partial charge in [-0.05, 0) is 29.8 Å². The van der Waals surface area contributed by atoms with Gasteiger partial charge in [-0.3, -0.25) is 14.2 Å². The van der Waals surface area contributed by atoms with Gasteiger partial charge >= 0.3 is 17.8 Å². The molecule has 0 aliphatic carbocycles. The SMILES string of the molecule is COC(=O)[C@H](Cc1ccc(-c2cn(C)c(=O)n(C)c2=O)c2nccn12)NC(=O)c1c(F)cc(N[C@H](c2ccccc2)C(F)(F)F)cc1F. The maximum Gasteiger partial charge on any atom is 0.412 e. The van der Waals surface area contributed by atoms with Gasteiger partial charge < -0.3 is 24.3 Å². The molecule has 16 heteroatoms. The number of methoxy groups -OCH3 is 1. The first kappa shape index (κ1) is 33.6. The van der Waals surface area contributed by atoms with Crippen molar-refractivity contribution in [2.45, 2.75) is 24.7 Å². The van der Waals surface area contributed by atoms with Crippen LogP contribution in [0.15, 0.2) is 82.8 Å². The second kappa shape index (κ2) is 13.1. The van der Waals surface area contributed by atoms with Gasteiger partial charge in [0, 0.05) is 56.1 Å². The monoisotopic (exact) mass is 670 g/mol. The van der Waals surface area contributed by atoms with Gasteiger partial charge in [0.15, 0.2) is 0 Å². The maximum atomic E-state index is 15.2. The second-order valence-electron chi connectivity index (χ2n) is 10.8. The van der Waals surface area contributed by atoms with E-state index in [0.29, 0.717) is 23.4 Å². The molecule has 0 unspecified atom stereocenters. The molecule has 0 spiro atoms. The predicted molar refractivity (Wildman–Crippen MR) is 163 cm³/mol. The number of hydrogen-bond acceptors (Lipinski definition) is 7. The average Bonchev–Trinajstić information content (AvgIpc) is 3.54. The summed E-state index contributed by atoms with van der Waals surface area (Å²) in [6.07, 6.45) is -0.802. The maximum absolute atomic E-state index is 15.2. The molecule has 3 aromatic heterocycles. The minimum atomic E-state index is -4.83. The molecular weight excluding hydrogens is 643 g/mol. The highest BCUT2D eigenvalue weighted by Crippen LogP contribution is 2.36. The molecule has 0 saturated heterocycles. The van der Waals surface area contributed by atoms with Crippen LogP contribution >= 0.6 is 0 Å². The predicted octanol–water partition coefficient (Wildman–Crippen LogP) is 3.91. The van der Waals surface area contributed by atoms with Crippen LogP contribution in [-0.2, 0) is 30.0 Å². The third kappa shape index (κ3) is 6.54. The fraction of sp³-hybridized carbons (Fsp3) is 0.219. The van der Waals surface area contributed by atoms with Crippen LogP contribution < -0.4 is 21.9 Å². The number of nitrogens with zero attached hydrogens (tertiary/aromatic N) is 4. The van der Waals surface area contributed by atoms with Crippen LogP contribution in [0.2, 0.25) is 0 Å². The molecule has 0 aliphatic heterocycles. The summed E-state index contributed by atoms with van der Waals surface area (Å²) in [7, 11) is 3.85. The van der Waals surface area contributed by atoms with Gasteiger partial charge in [0.25, 0.3) is 11.5 Å². The Morgan fingerprint density at radius 2 is 1.65 bits per heavy atom. The zero-order valence-electron chi connectivity index (χ0n) is 25.5. The van der Waals surface area contributed by atoms with Crippen molar-refractivity contribution in [2.75, 3.05) is 12.4 Å². The molecule has 0 saturated carbocycles. The Balaban J connectivity index is 1.43. The second-order valence-corrected chi connectivity index (χ2v) is 10.8. The highest BCUT2D eigenvalue weighted by atomic mass is 19.4. The van der Waals surface area contributed by atoms with E-state index in [2.05, 4.69) is 15.6 Å². The van der Waals surface area contributed by atoms with Crippen molar-refractivity contribution in [3.05, 3.63) is 122 Å². The van der Waals surface area contributed by atoms with E-state index in [1.807, 2.05) is 0 Å². The number of rotatable bonds is 9. The number of aromatic nitrogens is 4. The third-order valence-electron chi connectivity index (χ3n) is 7.61. The Hall–Kier alpha value is -5.80. The number of carbonyl (C=O) groups excluding carboxylic acids is 2. The Morgan fingerprint density at radius 3 is 2.27 bits per heavy atom.